The molecule has 0 aliphatic heterocycles. The third-order valence-corrected chi connectivity index (χ3v) is 2.36. The molecule has 0 saturated heterocycles. The molecule has 3 nitrogen and oxygen atoms in total. The summed E-state index contributed by atoms with van der Waals surface area (Å²) in [6, 6.07) is 0. The molecule has 0 aromatic rings. The second-order valence-electron chi connectivity index (χ2n) is 4.30. The first-order chi connectivity index (χ1) is 7.02. The van der Waals surface area contributed by atoms with Gasteiger partial charge in [0, 0.05) is 19.2 Å². The molecule has 0 atom stereocenters. The largest absolute Gasteiger partial charge is 0.463 e. The summed E-state index contributed by atoms with van der Waals surface area (Å²) >= 11 is 0. The van der Waals surface area contributed by atoms with E-state index in [-0.39, 0.29) is 5.97 Å². The number of esters is 1. The van der Waals surface area contributed by atoms with Gasteiger partial charge in [-0.25, -0.2) is 4.79 Å². The van der Waals surface area contributed by atoms with Gasteiger partial charge in [-0.05, 0) is 18.8 Å². The maximum Gasteiger partial charge on any atom is 0.330 e. The van der Waals surface area contributed by atoms with Crippen LogP contribution in [-0.4, -0.2) is 25.7 Å². The zero-order chi connectivity index (χ0) is 11.7. The lowest BCUT2D eigenvalue weighted by molar-refractivity contribution is -0.137. The fraction of sp³-hybridized carbons (Fsp3) is 0.750. The van der Waals surface area contributed by atoms with E-state index < -0.39 is 0 Å². The molecule has 0 fully saturated rings. The van der Waals surface area contributed by atoms with E-state index >= 15 is 0 Å². The minimum Gasteiger partial charge on any atom is -0.463 e. The molecule has 88 valence electrons. The zero-order valence-corrected chi connectivity index (χ0v) is 10.3. The minimum absolute atomic E-state index is 0.269. The number of hydrogen-bond acceptors (Lipinski definition) is 3. The summed E-state index contributed by atoms with van der Waals surface area (Å²) in [6.07, 6.45) is 4.40. The Balaban J connectivity index is 3.58. The quantitative estimate of drug-likeness (QED) is 0.400. The number of rotatable bonds is 7. The summed E-state index contributed by atoms with van der Waals surface area (Å²) in [6.45, 7) is 10.5. The van der Waals surface area contributed by atoms with Crippen LogP contribution in [0.1, 0.15) is 34.1 Å². The van der Waals surface area contributed by atoms with Crippen molar-refractivity contribution < 1.29 is 9.53 Å². The molecule has 0 saturated carbocycles. The van der Waals surface area contributed by atoms with Crippen LogP contribution in [-0.2, 0) is 9.53 Å². The van der Waals surface area contributed by atoms with Crippen molar-refractivity contribution in [2.45, 2.75) is 34.1 Å². The summed E-state index contributed by atoms with van der Waals surface area (Å²) < 4.78 is 4.76. The molecular formula is C12H23NO2. The average molecular weight is 213 g/mol. The molecule has 0 aliphatic carbocycles. The Labute approximate surface area is 92.9 Å². The molecule has 0 aromatic heterocycles. The van der Waals surface area contributed by atoms with Crippen LogP contribution in [0.2, 0.25) is 0 Å². The number of carbonyl (C=O) groups is 1. The summed E-state index contributed by atoms with van der Waals surface area (Å²) in [4.78, 5) is 10.9. The Morgan fingerprint density at radius 2 is 2.07 bits per heavy atom. The summed E-state index contributed by atoms with van der Waals surface area (Å²) in [5.41, 5.74) is 0.317. The fourth-order valence-corrected chi connectivity index (χ4v) is 0.964. The van der Waals surface area contributed by atoms with Gasteiger partial charge in [-0.3, -0.25) is 0 Å². The number of nitrogens with one attached hydrogen (secondary N) is 1. The van der Waals surface area contributed by atoms with E-state index in [1.165, 1.54) is 6.08 Å². The standard InChI is InChI=1S/C12H23NO2/c1-5-12(3,4)10-13-9-7-8-11(14)15-6-2/h7-8,13H,5-6,9-10H2,1-4H3/b8-7+. The van der Waals surface area contributed by atoms with Crippen LogP contribution in [0.5, 0.6) is 0 Å². The highest BCUT2D eigenvalue weighted by atomic mass is 16.5. The highest BCUT2D eigenvalue weighted by Crippen LogP contribution is 2.17. The van der Waals surface area contributed by atoms with Gasteiger partial charge in [0.25, 0.3) is 0 Å². The number of carbonyl (C=O) groups excluding carboxylic acids is 1. The van der Waals surface area contributed by atoms with E-state index in [1.54, 1.807) is 13.0 Å². The van der Waals surface area contributed by atoms with E-state index in [0.717, 1.165) is 13.0 Å². The van der Waals surface area contributed by atoms with Crippen LogP contribution in [0.4, 0.5) is 0 Å². The highest BCUT2D eigenvalue weighted by molar-refractivity contribution is 5.81. The monoisotopic (exact) mass is 213 g/mol. The highest BCUT2D eigenvalue weighted by Gasteiger charge is 2.13. The van der Waals surface area contributed by atoms with Gasteiger partial charge < -0.3 is 10.1 Å². The van der Waals surface area contributed by atoms with E-state index in [0.29, 0.717) is 18.6 Å². The molecule has 0 aliphatic rings. The predicted molar refractivity (Wildman–Crippen MR) is 62.7 cm³/mol. The molecule has 0 bridgehead atoms. The molecule has 0 heterocycles. The van der Waals surface area contributed by atoms with Gasteiger partial charge in [0.1, 0.15) is 0 Å². The fourth-order valence-electron chi connectivity index (χ4n) is 0.964. The Hall–Kier alpha value is -0.830. The van der Waals surface area contributed by atoms with Crippen molar-refractivity contribution in [2.75, 3.05) is 19.7 Å². The molecule has 0 unspecified atom stereocenters. The van der Waals surface area contributed by atoms with Crippen molar-refractivity contribution in [3.63, 3.8) is 0 Å². The molecule has 0 aromatic carbocycles. The van der Waals surface area contributed by atoms with Gasteiger partial charge in [-0.15, -0.1) is 0 Å². The molecule has 15 heavy (non-hydrogen) atoms. The molecule has 0 radical (unpaired) electrons. The first-order valence-corrected chi connectivity index (χ1v) is 5.56. The molecule has 3 heteroatoms. The van der Waals surface area contributed by atoms with Crippen molar-refractivity contribution >= 4 is 5.97 Å². The van der Waals surface area contributed by atoms with Crippen molar-refractivity contribution in [1.29, 1.82) is 0 Å². The van der Waals surface area contributed by atoms with Gasteiger partial charge in [0.15, 0.2) is 0 Å². The van der Waals surface area contributed by atoms with Crippen molar-refractivity contribution in [3.05, 3.63) is 12.2 Å². The van der Waals surface area contributed by atoms with Gasteiger partial charge in [0.05, 0.1) is 6.61 Å². The van der Waals surface area contributed by atoms with E-state index in [1.807, 2.05) is 0 Å². The average Bonchev–Trinajstić information content (AvgIpc) is 2.17. The van der Waals surface area contributed by atoms with Gasteiger partial charge in [0.2, 0.25) is 0 Å². The van der Waals surface area contributed by atoms with E-state index in [4.69, 9.17) is 4.74 Å². The van der Waals surface area contributed by atoms with Crippen LogP contribution < -0.4 is 5.32 Å². The smallest absolute Gasteiger partial charge is 0.330 e. The second kappa shape index (κ2) is 7.46. The zero-order valence-electron chi connectivity index (χ0n) is 10.3. The Bertz CT molecular complexity index is 210. The van der Waals surface area contributed by atoms with Crippen LogP contribution in [0.15, 0.2) is 12.2 Å². The lowest BCUT2D eigenvalue weighted by atomic mass is 9.90. The maximum atomic E-state index is 10.9. The number of hydrogen-bond donors (Lipinski definition) is 1. The first kappa shape index (κ1) is 14.2. The Morgan fingerprint density at radius 1 is 1.40 bits per heavy atom. The summed E-state index contributed by atoms with van der Waals surface area (Å²) in [5, 5.41) is 3.28. The molecule has 0 spiro atoms. The molecule has 0 amide bonds. The Kier molecular flexibility index (Phi) is 7.05. The van der Waals surface area contributed by atoms with Gasteiger partial charge in [-0.2, -0.15) is 0 Å². The predicted octanol–water partition coefficient (Wildman–Crippen LogP) is 2.13. The molecule has 1 N–H and O–H groups in total. The van der Waals surface area contributed by atoms with Crippen LogP contribution in [0.25, 0.3) is 0 Å². The van der Waals surface area contributed by atoms with Gasteiger partial charge in [-0.1, -0.05) is 26.8 Å². The molecule has 0 rings (SSSR count). The topological polar surface area (TPSA) is 38.3 Å². The lowest BCUT2D eigenvalue weighted by Crippen LogP contribution is -2.28. The SMILES string of the molecule is CCOC(=O)/C=C/CNCC(C)(C)CC. The summed E-state index contributed by atoms with van der Waals surface area (Å²) in [7, 11) is 0. The summed E-state index contributed by atoms with van der Waals surface area (Å²) in [5.74, 6) is -0.269. The van der Waals surface area contributed by atoms with E-state index in [9.17, 15) is 4.79 Å². The molecular weight excluding hydrogens is 190 g/mol. The normalized spacial score (nSPS) is 12.0. The Morgan fingerprint density at radius 3 is 2.60 bits per heavy atom. The van der Waals surface area contributed by atoms with Crippen molar-refractivity contribution in [2.24, 2.45) is 5.41 Å². The van der Waals surface area contributed by atoms with E-state index in [2.05, 4.69) is 26.1 Å². The maximum absolute atomic E-state index is 10.9. The van der Waals surface area contributed by atoms with Gasteiger partial charge >= 0.3 is 5.97 Å². The first-order valence-electron chi connectivity index (χ1n) is 5.56. The minimum atomic E-state index is -0.269. The van der Waals surface area contributed by atoms with Crippen molar-refractivity contribution in [3.8, 4) is 0 Å². The second-order valence-corrected chi connectivity index (χ2v) is 4.30. The lowest BCUT2D eigenvalue weighted by Gasteiger charge is -2.22. The van der Waals surface area contributed by atoms with Crippen LogP contribution in [0.3, 0.4) is 0 Å². The third-order valence-electron chi connectivity index (χ3n) is 2.36. The van der Waals surface area contributed by atoms with Crippen LogP contribution >= 0.6 is 0 Å². The number of ether oxygens (including phenoxy) is 1. The van der Waals surface area contributed by atoms with Crippen LogP contribution in [0, 0.1) is 5.41 Å². The third kappa shape index (κ3) is 8.18. The van der Waals surface area contributed by atoms with Crippen molar-refractivity contribution in [1.82, 2.24) is 5.32 Å².